The maximum Gasteiger partial charge on any atom is 0.446 e. The van der Waals surface area contributed by atoms with Gasteiger partial charge in [0.25, 0.3) is 29.4 Å². The van der Waals surface area contributed by atoms with E-state index in [1.807, 2.05) is 25.9 Å². The molecule has 3 aromatic rings. The fourth-order valence-electron chi connectivity index (χ4n) is 6.07. The number of nitrogens with one attached hydrogen (secondary N) is 2. The van der Waals surface area contributed by atoms with Crippen molar-refractivity contribution in [3.05, 3.63) is 66.0 Å². The number of halogens is 9. The van der Waals surface area contributed by atoms with Gasteiger partial charge in [-0.15, -0.1) is 0 Å². The molecule has 30 nitrogen and oxygen atoms in total. The number of aromatic nitrogens is 6. The summed E-state index contributed by atoms with van der Waals surface area (Å²) in [5, 5.41) is 55.1. The molecule has 3 aromatic heterocycles. The van der Waals surface area contributed by atoms with E-state index in [1.54, 1.807) is 41.5 Å². The van der Waals surface area contributed by atoms with Gasteiger partial charge in [-0.05, 0) is 62.3 Å². The summed E-state index contributed by atoms with van der Waals surface area (Å²) >= 11 is 0. The number of aldehydes is 1. The average Bonchev–Trinajstić information content (AvgIpc) is 4.01. The van der Waals surface area contributed by atoms with E-state index in [1.165, 1.54) is 19.4 Å². The third-order valence-electron chi connectivity index (χ3n) is 9.83. The lowest BCUT2D eigenvalue weighted by molar-refractivity contribution is -0.386. The molecule has 4 saturated heterocycles. The number of β-amino-alcohol motifs (C(OH)–C–C–N with tert-alkyl or cyclic N) is 1. The van der Waals surface area contributed by atoms with Crippen LogP contribution in [0.15, 0.2) is 18.6 Å². The number of hydrogen-bond donors (Lipinski definition) is 3. The Kier molecular flexibility index (Phi) is 27.1. The Morgan fingerprint density at radius 2 is 1.01 bits per heavy atom. The zero-order valence-corrected chi connectivity index (χ0v) is 47.5. The monoisotopic (exact) mass is 1260 g/mol. The number of aliphatic hydroxyl groups excluding tert-OH is 1. The number of carbonyl (C=O) groups is 4. The highest BCUT2D eigenvalue weighted by molar-refractivity contribution is 7.86. The van der Waals surface area contributed by atoms with Crippen molar-refractivity contribution in [3.63, 3.8) is 0 Å². The summed E-state index contributed by atoms with van der Waals surface area (Å²) < 4.78 is 149. The number of carbonyl (C=O) groups excluding carboxylic acids is 4. The highest BCUT2D eigenvalue weighted by atomic mass is 32.2. The van der Waals surface area contributed by atoms with Crippen LogP contribution in [0.5, 0.6) is 0 Å². The molecule has 472 valence electrons. The van der Waals surface area contributed by atoms with Crippen LogP contribution in [-0.4, -0.2) is 191 Å². The summed E-state index contributed by atoms with van der Waals surface area (Å²) in [5.74, 6) is 0. The first kappa shape index (κ1) is 73.9. The highest BCUT2D eigenvalue weighted by Gasteiger charge is 2.39. The molecule has 41 heteroatoms. The Morgan fingerprint density at radius 1 is 0.663 bits per heavy atom. The molecular weight excluding hydrogens is 1190 g/mol. The maximum absolute atomic E-state index is 12.7. The Hall–Kier alpha value is -7.14. The number of aliphatic hydroxyl groups is 1. The van der Waals surface area contributed by atoms with Gasteiger partial charge in [0, 0.05) is 26.2 Å². The largest absolute Gasteiger partial charge is 0.446 e. The number of nitro groups is 3. The highest BCUT2D eigenvalue weighted by Crippen LogP contribution is 2.32. The molecule has 0 saturated carbocycles. The van der Waals surface area contributed by atoms with Gasteiger partial charge >= 0.3 is 41.5 Å². The minimum atomic E-state index is -4.64. The van der Waals surface area contributed by atoms with Crippen LogP contribution in [0.3, 0.4) is 0 Å². The number of alkyl halides is 9. The first-order chi connectivity index (χ1) is 37.3. The van der Waals surface area contributed by atoms with Gasteiger partial charge in [0.2, 0.25) is 17.7 Å². The lowest BCUT2D eigenvalue weighted by Crippen LogP contribution is -2.56. The Balaban J connectivity index is 0.000000514. The third kappa shape index (κ3) is 25.9. The van der Waals surface area contributed by atoms with Crippen molar-refractivity contribution in [2.45, 2.75) is 129 Å². The van der Waals surface area contributed by atoms with Crippen LogP contribution in [0.4, 0.5) is 71.0 Å². The Morgan fingerprint density at radius 3 is 1.27 bits per heavy atom. The Bertz CT molecular complexity index is 2770. The third-order valence-corrected chi connectivity index (χ3v) is 10.5. The van der Waals surface area contributed by atoms with E-state index in [2.05, 4.69) is 20.6 Å². The van der Waals surface area contributed by atoms with Gasteiger partial charge < -0.3 is 39.3 Å². The fraction of sp³-hybridized carbons (Fsp3) is 0.690. The number of amides is 3. The van der Waals surface area contributed by atoms with Gasteiger partial charge in [0.05, 0.1) is 65.4 Å². The second-order valence-corrected chi connectivity index (χ2v) is 22.1. The van der Waals surface area contributed by atoms with E-state index in [9.17, 15) is 92.7 Å². The summed E-state index contributed by atoms with van der Waals surface area (Å²) in [6, 6.07) is -0.435. The Labute approximate surface area is 472 Å². The smallest absolute Gasteiger partial charge is 0.444 e. The molecule has 3 amide bonds. The molecule has 0 radical (unpaired) electrons. The molecule has 4 aliphatic rings. The van der Waals surface area contributed by atoms with Gasteiger partial charge in [-0.25, -0.2) is 40.7 Å². The molecule has 0 aromatic carbocycles. The molecule has 4 aliphatic heterocycles. The zero-order chi connectivity index (χ0) is 63.2. The SMILES string of the molecule is CC(C)(C)OC(=O)N1CC(O)C1.CC(C)(C)OC(=O)N1CC(OS(C)(=O)=O)C1.CC(C)(C)OC(=O)N1CC(n2cc([N+](=O)[O-])c(C(F)F)n2)C1.O=CC(F)(F)F.O=[N+]([O-])c1cn(C2CNC2)nc1C(F)F.O=[N+]([O-])c1cn[nH]c1C(F)F.S. The van der Waals surface area contributed by atoms with Crippen molar-refractivity contribution < 1.29 is 105 Å². The number of likely N-dealkylation sites (tertiary alicyclic amines) is 3. The summed E-state index contributed by atoms with van der Waals surface area (Å²) in [4.78, 5) is 75.9. The van der Waals surface area contributed by atoms with Crippen molar-refractivity contribution in [2.75, 3.05) is 58.6 Å². The van der Waals surface area contributed by atoms with Gasteiger partial charge in [0.1, 0.15) is 41.5 Å². The zero-order valence-electron chi connectivity index (χ0n) is 45.7. The number of hydrogen-bond acceptors (Lipinski definition) is 21. The van der Waals surface area contributed by atoms with Crippen LogP contribution in [0.2, 0.25) is 0 Å². The number of rotatable bonds is 10. The summed E-state index contributed by atoms with van der Waals surface area (Å²) in [5.41, 5.74) is -6.00. The van der Waals surface area contributed by atoms with Gasteiger partial charge in [0.15, 0.2) is 5.69 Å². The van der Waals surface area contributed by atoms with Crippen molar-refractivity contribution in [2.24, 2.45) is 0 Å². The first-order valence-corrected chi connectivity index (χ1v) is 25.4. The van der Waals surface area contributed by atoms with Crippen LogP contribution < -0.4 is 5.32 Å². The quantitative estimate of drug-likeness (QED) is 0.0475. The standard InChI is InChI=1S/C12H16F2N4O4.C9H17NO5S.C8H15NO3.C7H8F2N4O2.C4H3F2N3O2.C2HF3O.H2S/c1-12(2,3)22-11(19)16-4-7(5-16)17-6-8(18(20)21)9(15-17)10(13)14;1-9(2,3)14-8(11)10-5-7(6-10)15-16(4,12)13;1-8(2,3)12-7(11)9-4-6(10)5-9;8-7(9)6-5(13(14)15)3-12(11-6)4-1-10-2-4;5-4(6)3-2(9(10)11)1-7-8-3;3-2(4,5)1-6;/h6-7,10H,4-5H2,1-3H3;7H,5-6H2,1-4H3;6,10H,4-5H2,1-3H3;3-4,7,10H,1-2H2;1,4H,(H,7,8);1H;1H2. The second kappa shape index (κ2) is 30.4. The second-order valence-electron chi connectivity index (χ2n) is 20.5. The topological polar surface area (TPSA) is 375 Å². The normalized spacial score (nSPS) is 15.6. The molecule has 0 unspecified atom stereocenters. The molecule has 7 rings (SSSR count). The molecular formula is C42H62F9N13O17S2. The molecule has 0 atom stereocenters. The predicted octanol–water partition coefficient (Wildman–Crippen LogP) is 6.69. The van der Waals surface area contributed by atoms with Crippen LogP contribution in [0, 0.1) is 30.3 Å². The molecule has 3 N–H and O–H groups in total. The number of ether oxygens (including phenoxy) is 3. The van der Waals surface area contributed by atoms with Gasteiger partial charge in [-0.2, -0.15) is 50.4 Å². The van der Waals surface area contributed by atoms with E-state index in [4.69, 9.17) is 28.3 Å². The summed E-state index contributed by atoms with van der Waals surface area (Å²) in [6.07, 6.45) is -12.9. The average molecular weight is 1260 g/mol. The lowest BCUT2D eigenvalue weighted by atomic mass is 10.1. The van der Waals surface area contributed by atoms with E-state index >= 15 is 0 Å². The number of nitrogens with zero attached hydrogens (tertiary/aromatic N) is 11. The summed E-state index contributed by atoms with van der Waals surface area (Å²) in [7, 11) is -3.45. The molecule has 0 spiro atoms. The van der Waals surface area contributed by atoms with Crippen LogP contribution in [-0.2, 0) is 33.3 Å². The van der Waals surface area contributed by atoms with Crippen molar-refractivity contribution >= 4 is 65.2 Å². The first-order valence-electron chi connectivity index (χ1n) is 23.5. The van der Waals surface area contributed by atoms with E-state index in [-0.39, 0.29) is 64.0 Å². The maximum atomic E-state index is 12.7. The molecule has 4 fully saturated rings. The molecule has 83 heavy (non-hydrogen) atoms. The van der Waals surface area contributed by atoms with E-state index in [0.717, 1.165) is 29.5 Å². The predicted molar refractivity (Wildman–Crippen MR) is 270 cm³/mol. The summed E-state index contributed by atoms with van der Waals surface area (Å²) in [6.45, 7) is 18.9. The molecule has 0 aliphatic carbocycles. The van der Waals surface area contributed by atoms with Gasteiger partial charge in [-0.1, -0.05) is 0 Å². The van der Waals surface area contributed by atoms with Crippen molar-refractivity contribution in [1.29, 1.82) is 0 Å². The molecule has 7 heterocycles. The van der Waals surface area contributed by atoms with Gasteiger partial charge in [-0.3, -0.25) is 53.8 Å². The lowest BCUT2D eigenvalue weighted by Gasteiger charge is -2.39. The van der Waals surface area contributed by atoms with Crippen molar-refractivity contribution in [3.8, 4) is 0 Å². The molecule has 0 bridgehead atoms. The minimum Gasteiger partial charge on any atom is -0.444 e. The van der Waals surface area contributed by atoms with E-state index in [0.29, 0.717) is 26.2 Å². The van der Waals surface area contributed by atoms with Crippen LogP contribution >= 0.6 is 13.5 Å². The van der Waals surface area contributed by atoms with E-state index < -0.39 is 126 Å². The minimum absolute atomic E-state index is 0. The number of H-pyrrole nitrogens is 1. The van der Waals surface area contributed by atoms with Crippen LogP contribution in [0.1, 0.15) is 111 Å². The van der Waals surface area contributed by atoms with Crippen molar-refractivity contribution in [1.82, 2.24) is 49.8 Å². The van der Waals surface area contributed by atoms with Crippen LogP contribution in [0.25, 0.3) is 0 Å². The fourth-order valence-corrected chi connectivity index (χ4v) is 6.68. The number of aromatic amines is 1.